The first-order chi connectivity index (χ1) is 15.6. The Morgan fingerprint density at radius 2 is 1.84 bits per heavy atom. The van der Waals surface area contributed by atoms with Crippen LogP contribution in [-0.4, -0.2) is 26.1 Å². The Morgan fingerprint density at radius 3 is 2.53 bits per heavy atom. The summed E-state index contributed by atoms with van der Waals surface area (Å²) < 4.78 is 13.8. The van der Waals surface area contributed by atoms with Crippen molar-refractivity contribution in [2.75, 3.05) is 12.3 Å². The summed E-state index contributed by atoms with van der Waals surface area (Å²) in [5.41, 5.74) is 9.77. The molecule has 1 aromatic carbocycles. The molecule has 7 nitrogen and oxygen atoms in total. The first-order valence-electron chi connectivity index (χ1n) is 11.3. The van der Waals surface area contributed by atoms with E-state index in [2.05, 4.69) is 35.3 Å². The van der Waals surface area contributed by atoms with Crippen molar-refractivity contribution in [2.24, 2.45) is 0 Å². The zero-order valence-electron chi connectivity index (χ0n) is 19.5. The maximum atomic E-state index is 6.24. The van der Waals surface area contributed by atoms with Gasteiger partial charge in [0.1, 0.15) is 30.3 Å². The second-order valence-corrected chi connectivity index (χ2v) is 7.55. The van der Waals surface area contributed by atoms with Crippen LogP contribution < -0.4 is 10.5 Å². The van der Waals surface area contributed by atoms with Crippen LogP contribution in [0.5, 0.6) is 5.75 Å². The molecule has 0 atom stereocenters. The highest BCUT2D eigenvalue weighted by Crippen LogP contribution is 2.32. The summed E-state index contributed by atoms with van der Waals surface area (Å²) in [7, 11) is 0. The van der Waals surface area contributed by atoms with Crippen molar-refractivity contribution < 1.29 is 9.47 Å². The van der Waals surface area contributed by atoms with Gasteiger partial charge in [-0.3, -0.25) is 4.98 Å². The van der Waals surface area contributed by atoms with Crippen molar-refractivity contribution >= 4 is 27.8 Å². The van der Waals surface area contributed by atoms with Crippen LogP contribution in [0, 0.1) is 0 Å². The lowest BCUT2D eigenvalue weighted by Crippen LogP contribution is -2.06. The summed E-state index contributed by atoms with van der Waals surface area (Å²) in [6.45, 7) is 10.7. The number of aryl methyl sites for hydroxylation is 1. The smallest absolute Gasteiger partial charge is 0.152 e. The summed E-state index contributed by atoms with van der Waals surface area (Å²) in [5.74, 6) is 2.07. The van der Waals surface area contributed by atoms with Crippen LogP contribution in [0.2, 0.25) is 0 Å². The SMILES string of the molecule is CCC.CCCn1c(COCC)nc2c(N)nc3ccc(OCc4cccnc4)cc3c21. The molecule has 170 valence electrons. The Labute approximate surface area is 189 Å². The molecule has 0 fully saturated rings. The number of fused-ring (bicyclic) bond motifs is 3. The van der Waals surface area contributed by atoms with Gasteiger partial charge >= 0.3 is 0 Å². The number of nitrogen functional groups attached to an aromatic ring is 1. The molecule has 2 N–H and O–H groups in total. The number of anilines is 1. The fraction of sp³-hybridized carbons (Fsp3) is 0.400. The number of rotatable bonds is 8. The van der Waals surface area contributed by atoms with Crippen molar-refractivity contribution in [3.05, 3.63) is 54.1 Å². The van der Waals surface area contributed by atoms with Crippen molar-refractivity contribution in [1.29, 1.82) is 0 Å². The summed E-state index contributed by atoms with van der Waals surface area (Å²) in [6.07, 6.45) is 5.78. The van der Waals surface area contributed by atoms with Crippen LogP contribution in [0.4, 0.5) is 5.82 Å². The van der Waals surface area contributed by atoms with Gasteiger partial charge in [-0.25, -0.2) is 9.97 Å². The number of imidazole rings is 1. The molecule has 3 heterocycles. The Hall–Kier alpha value is -3.19. The number of aromatic nitrogens is 4. The van der Waals surface area contributed by atoms with E-state index in [1.54, 1.807) is 12.4 Å². The molecule has 0 aliphatic carbocycles. The summed E-state index contributed by atoms with van der Waals surface area (Å²) in [4.78, 5) is 13.4. The maximum absolute atomic E-state index is 6.24. The minimum atomic E-state index is 0.434. The third kappa shape index (κ3) is 5.34. The molecular weight excluding hydrogens is 402 g/mol. The van der Waals surface area contributed by atoms with Gasteiger partial charge in [-0.05, 0) is 37.6 Å². The van der Waals surface area contributed by atoms with E-state index in [1.807, 2.05) is 37.3 Å². The van der Waals surface area contributed by atoms with Gasteiger partial charge in [0.25, 0.3) is 0 Å². The molecule has 4 aromatic rings. The predicted octanol–water partition coefficient (Wildman–Crippen LogP) is 5.50. The normalized spacial score (nSPS) is 10.9. The van der Waals surface area contributed by atoms with Gasteiger partial charge in [0.15, 0.2) is 5.82 Å². The summed E-state index contributed by atoms with van der Waals surface area (Å²) in [5, 5.41) is 0.974. The van der Waals surface area contributed by atoms with Crippen LogP contribution in [0.1, 0.15) is 51.9 Å². The van der Waals surface area contributed by atoms with E-state index in [-0.39, 0.29) is 0 Å². The second kappa shape index (κ2) is 11.4. The molecule has 4 rings (SSSR count). The number of nitrogens with two attached hydrogens (primary N) is 1. The Bertz CT molecular complexity index is 1140. The van der Waals surface area contributed by atoms with E-state index in [1.165, 1.54) is 6.42 Å². The number of ether oxygens (including phenoxy) is 2. The zero-order chi connectivity index (χ0) is 22.9. The molecular formula is C25H33N5O2. The van der Waals surface area contributed by atoms with Crippen LogP contribution in [-0.2, 0) is 24.5 Å². The highest BCUT2D eigenvalue weighted by Gasteiger charge is 2.17. The number of hydrogen-bond donors (Lipinski definition) is 1. The van der Waals surface area contributed by atoms with Crippen molar-refractivity contribution in [3.8, 4) is 5.75 Å². The molecule has 0 unspecified atom stereocenters. The number of pyridine rings is 2. The first kappa shape index (κ1) is 23.5. The number of hydrogen-bond acceptors (Lipinski definition) is 6. The molecule has 0 bridgehead atoms. The lowest BCUT2D eigenvalue weighted by molar-refractivity contribution is 0.126. The van der Waals surface area contributed by atoms with E-state index in [0.29, 0.717) is 31.2 Å². The molecule has 0 saturated heterocycles. The van der Waals surface area contributed by atoms with Crippen LogP contribution in [0.25, 0.3) is 21.9 Å². The highest BCUT2D eigenvalue weighted by atomic mass is 16.5. The van der Waals surface area contributed by atoms with Gasteiger partial charge in [-0.1, -0.05) is 33.3 Å². The average molecular weight is 436 g/mol. The molecule has 0 aliphatic heterocycles. The average Bonchev–Trinajstić information content (AvgIpc) is 3.17. The number of benzene rings is 1. The van der Waals surface area contributed by atoms with Crippen LogP contribution >= 0.6 is 0 Å². The minimum absolute atomic E-state index is 0.434. The van der Waals surface area contributed by atoms with E-state index < -0.39 is 0 Å². The lowest BCUT2D eigenvalue weighted by atomic mass is 10.1. The molecule has 32 heavy (non-hydrogen) atoms. The van der Waals surface area contributed by atoms with Gasteiger partial charge in [0.2, 0.25) is 0 Å². The standard InChI is InChI=1S/C22H25N5O2.C3H8/c1-3-10-27-19(14-28-4-2)26-20-21(27)17-11-16(7-8-18(17)25-22(20)23)29-13-15-6-5-9-24-12-15;1-3-2/h5-9,11-12H,3-4,10,13-14H2,1-2H3,(H2,23,25);3H2,1-2H3. The fourth-order valence-electron chi connectivity index (χ4n) is 3.44. The van der Waals surface area contributed by atoms with Crippen molar-refractivity contribution in [1.82, 2.24) is 19.5 Å². The monoisotopic (exact) mass is 435 g/mol. The third-order valence-electron chi connectivity index (χ3n) is 4.76. The lowest BCUT2D eigenvalue weighted by Gasteiger charge is -2.11. The molecule has 7 heteroatoms. The molecule has 0 radical (unpaired) electrons. The summed E-state index contributed by atoms with van der Waals surface area (Å²) in [6, 6.07) is 9.76. The van der Waals surface area contributed by atoms with E-state index in [4.69, 9.17) is 20.2 Å². The van der Waals surface area contributed by atoms with E-state index in [0.717, 1.165) is 46.5 Å². The second-order valence-electron chi connectivity index (χ2n) is 7.55. The molecule has 0 amide bonds. The minimum Gasteiger partial charge on any atom is -0.489 e. The molecule has 0 aliphatic rings. The quantitative estimate of drug-likeness (QED) is 0.393. The Morgan fingerprint density at radius 1 is 1.03 bits per heavy atom. The van der Waals surface area contributed by atoms with Crippen LogP contribution in [0.15, 0.2) is 42.7 Å². The van der Waals surface area contributed by atoms with Crippen LogP contribution in [0.3, 0.4) is 0 Å². The van der Waals surface area contributed by atoms with E-state index in [9.17, 15) is 0 Å². The molecule has 0 spiro atoms. The Kier molecular flexibility index (Phi) is 8.39. The molecule has 3 aromatic heterocycles. The van der Waals surface area contributed by atoms with Gasteiger partial charge < -0.3 is 19.8 Å². The first-order valence-corrected chi connectivity index (χ1v) is 11.3. The maximum Gasteiger partial charge on any atom is 0.152 e. The zero-order valence-corrected chi connectivity index (χ0v) is 19.5. The van der Waals surface area contributed by atoms with Gasteiger partial charge in [0, 0.05) is 36.5 Å². The van der Waals surface area contributed by atoms with Crippen molar-refractivity contribution in [3.63, 3.8) is 0 Å². The van der Waals surface area contributed by atoms with Crippen molar-refractivity contribution in [2.45, 2.75) is 60.3 Å². The largest absolute Gasteiger partial charge is 0.489 e. The van der Waals surface area contributed by atoms with E-state index >= 15 is 0 Å². The number of nitrogens with zero attached hydrogens (tertiary/aromatic N) is 4. The molecule has 0 saturated carbocycles. The summed E-state index contributed by atoms with van der Waals surface area (Å²) >= 11 is 0. The van der Waals surface area contributed by atoms with Gasteiger partial charge in [-0.2, -0.15) is 0 Å². The third-order valence-corrected chi connectivity index (χ3v) is 4.76. The predicted molar refractivity (Wildman–Crippen MR) is 130 cm³/mol. The highest BCUT2D eigenvalue weighted by molar-refractivity contribution is 6.07. The topological polar surface area (TPSA) is 88.1 Å². The fourth-order valence-corrected chi connectivity index (χ4v) is 3.44. The Balaban J connectivity index is 0.000000913. The van der Waals surface area contributed by atoms with Gasteiger partial charge in [0.05, 0.1) is 11.0 Å². The van der Waals surface area contributed by atoms with Gasteiger partial charge in [-0.15, -0.1) is 0 Å².